The Bertz CT molecular complexity index is 1830. The fourth-order valence-electron chi connectivity index (χ4n) is 4.38. The zero-order valence-electron chi connectivity index (χ0n) is 22.0. The summed E-state index contributed by atoms with van der Waals surface area (Å²) in [7, 11) is 4.65. The minimum atomic E-state index is -0.710. The third-order valence-electron chi connectivity index (χ3n) is 6.45. The standard InChI is InChI=1S/C29H24ClFN4O5/c1-16-27(28(36)33-18-7-5-6-17(30)12-18)29(37)35(34(16)2)19-8-9-24(21(31)13-19)40-23-10-11-32-22-15-26(39-4)25(38-3)14-20(22)23/h5-15H,1-4H3,(H,33,36). The summed E-state index contributed by atoms with van der Waals surface area (Å²) >= 11 is 6.00. The van der Waals surface area contributed by atoms with Crippen molar-refractivity contribution in [3.63, 3.8) is 0 Å². The summed E-state index contributed by atoms with van der Waals surface area (Å²) in [4.78, 5) is 30.6. The summed E-state index contributed by atoms with van der Waals surface area (Å²) in [5, 5.41) is 3.72. The molecule has 5 rings (SSSR count). The first-order chi connectivity index (χ1) is 19.2. The average molecular weight is 563 g/mol. The van der Waals surface area contributed by atoms with Gasteiger partial charge >= 0.3 is 0 Å². The zero-order valence-corrected chi connectivity index (χ0v) is 22.7. The molecule has 0 fully saturated rings. The van der Waals surface area contributed by atoms with Crippen LogP contribution in [0.4, 0.5) is 10.1 Å². The summed E-state index contributed by atoms with van der Waals surface area (Å²) in [6.07, 6.45) is 1.54. The van der Waals surface area contributed by atoms with Crippen LogP contribution in [-0.2, 0) is 7.05 Å². The van der Waals surface area contributed by atoms with Crippen molar-refractivity contribution in [2.45, 2.75) is 6.92 Å². The molecule has 3 aromatic carbocycles. The topological polar surface area (TPSA) is 96.6 Å². The molecule has 0 spiro atoms. The van der Waals surface area contributed by atoms with E-state index in [-0.39, 0.29) is 17.0 Å². The van der Waals surface area contributed by atoms with Crippen LogP contribution in [-0.4, -0.2) is 34.5 Å². The van der Waals surface area contributed by atoms with E-state index in [4.69, 9.17) is 25.8 Å². The number of benzene rings is 3. The van der Waals surface area contributed by atoms with Gasteiger partial charge in [-0.3, -0.25) is 19.3 Å². The van der Waals surface area contributed by atoms with Gasteiger partial charge in [-0.05, 0) is 49.4 Å². The van der Waals surface area contributed by atoms with Crippen molar-refractivity contribution in [3.05, 3.63) is 99.3 Å². The number of aromatic nitrogens is 3. The molecule has 2 heterocycles. The molecule has 2 aromatic heterocycles. The van der Waals surface area contributed by atoms with Gasteiger partial charge < -0.3 is 19.5 Å². The SMILES string of the molecule is COc1cc2nccc(Oc3ccc(-n4c(=O)c(C(=O)Nc5cccc(Cl)c5)c(C)n4C)cc3F)c2cc1OC. The highest BCUT2D eigenvalue weighted by molar-refractivity contribution is 6.31. The van der Waals surface area contributed by atoms with Gasteiger partial charge in [-0.1, -0.05) is 17.7 Å². The summed E-state index contributed by atoms with van der Waals surface area (Å²) in [6.45, 7) is 1.64. The minimum absolute atomic E-state index is 0.0658. The van der Waals surface area contributed by atoms with E-state index in [0.29, 0.717) is 44.6 Å². The molecule has 40 heavy (non-hydrogen) atoms. The van der Waals surface area contributed by atoms with Gasteiger partial charge in [-0.15, -0.1) is 0 Å². The number of fused-ring (bicyclic) bond motifs is 1. The van der Waals surface area contributed by atoms with Crippen LogP contribution in [0.25, 0.3) is 16.6 Å². The lowest BCUT2D eigenvalue weighted by Crippen LogP contribution is -2.25. The number of amides is 1. The highest BCUT2D eigenvalue weighted by Gasteiger charge is 2.23. The van der Waals surface area contributed by atoms with E-state index >= 15 is 4.39 Å². The van der Waals surface area contributed by atoms with Crippen LogP contribution >= 0.6 is 11.6 Å². The van der Waals surface area contributed by atoms with Crippen LogP contribution in [0.1, 0.15) is 16.1 Å². The molecule has 5 aromatic rings. The van der Waals surface area contributed by atoms with Crippen molar-refractivity contribution in [3.8, 4) is 28.7 Å². The molecule has 11 heteroatoms. The summed E-state index contributed by atoms with van der Waals surface area (Å²) in [5.74, 6) is -0.0559. The number of pyridine rings is 1. The van der Waals surface area contributed by atoms with E-state index in [0.717, 1.165) is 0 Å². The number of nitrogens with one attached hydrogen (secondary N) is 1. The van der Waals surface area contributed by atoms with Gasteiger partial charge in [0.1, 0.15) is 11.3 Å². The Labute approximate surface area is 233 Å². The molecule has 204 valence electrons. The van der Waals surface area contributed by atoms with Crippen molar-refractivity contribution in [2.75, 3.05) is 19.5 Å². The van der Waals surface area contributed by atoms with Crippen LogP contribution in [0, 0.1) is 12.7 Å². The molecule has 0 saturated carbocycles. The molecule has 0 radical (unpaired) electrons. The number of halogens is 2. The maximum atomic E-state index is 15.3. The van der Waals surface area contributed by atoms with Crippen molar-refractivity contribution >= 4 is 34.1 Å². The molecule has 9 nitrogen and oxygen atoms in total. The van der Waals surface area contributed by atoms with E-state index in [1.165, 1.54) is 48.0 Å². The molecule has 1 amide bonds. The van der Waals surface area contributed by atoms with E-state index in [2.05, 4.69) is 10.3 Å². The smallest absolute Gasteiger partial charge is 0.284 e. The maximum absolute atomic E-state index is 15.3. The first-order valence-corrected chi connectivity index (χ1v) is 12.4. The van der Waals surface area contributed by atoms with E-state index < -0.39 is 17.3 Å². The number of rotatable bonds is 7. The van der Waals surface area contributed by atoms with Gasteiger partial charge in [0, 0.05) is 41.5 Å². The van der Waals surface area contributed by atoms with Gasteiger partial charge in [0.25, 0.3) is 11.5 Å². The normalized spacial score (nSPS) is 10.9. The van der Waals surface area contributed by atoms with Crippen molar-refractivity contribution in [1.29, 1.82) is 0 Å². The van der Waals surface area contributed by atoms with Gasteiger partial charge in [-0.25, -0.2) is 9.07 Å². The van der Waals surface area contributed by atoms with Gasteiger partial charge in [0.15, 0.2) is 23.1 Å². The predicted octanol–water partition coefficient (Wildman–Crippen LogP) is 5.89. The van der Waals surface area contributed by atoms with E-state index in [9.17, 15) is 9.59 Å². The Kier molecular flexibility index (Phi) is 7.19. The van der Waals surface area contributed by atoms with Gasteiger partial charge in [0.2, 0.25) is 0 Å². The molecule has 0 aliphatic heterocycles. The molecule has 0 atom stereocenters. The highest BCUT2D eigenvalue weighted by atomic mass is 35.5. The fraction of sp³-hybridized carbons (Fsp3) is 0.138. The number of anilines is 1. The minimum Gasteiger partial charge on any atom is -0.493 e. The van der Waals surface area contributed by atoms with Crippen molar-refractivity contribution < 1.29 is 23.4 Å². The fourth-order valence-corrected chi connectivity index (χ4v) is 4.57. The molecule has 0 aliphatic carbocycles. The molecular weight excluding hydrogens is 539 g/mol. The van der Waals surface area contributed by atoms with Gasteiger partial charge in [0.05, 0.1) is 31.1 Å². The number of ether oxygens (including phenoxy) is 3. The Morgan fingerprint density at radius 2 is 1.73 bits per heavy atom. The first-order valence-electron chi connectivity index (χ1n) is 12.1. The summed E-state index contributed by atoms with van der Waals surface area (Å²) in [6, 6.07) is 15.7. The van der Waals surface area contributed by atoms with Crippen LogP contribution in [0.15, 0.2) is 71.7 Å². The summed E-state index contributed by atoms with van der Waals surface area (Å²) in [5.41, 5.74) is 0.955. The summed E-state index contributed by atoms with van der Waals surface area (Å²) < 4.78 is 34.7. The lowest BCUT2D eigenvalue weighted by Gasteiger charge is -2.14. The van der Waals surface area contributed by atoms with Crippen LogP contribution in [0.5, 0.6) is 23.0 Å². The maximum Gasteiger partial charge on any atom is 0.284 e. The Morgan fingerprint density at radius 1 is 0.975 bits per heavy atom. The highest BCUT2D eigenvalue weighted by Crippen LogP contribution is 2.37. The van der Waals surface area contributed by atoms with Gasteiger partial charge in [-0.2, -0.15) is 0 Å². The molecule has 0 bridgehead atoms. The monoisotopic (exact) mass is 562 g/mol. The van der Waals surface area contributed by atoms with Crippen molar-refractivity contribution in [2.24, 2.45) is 7.05 Å². The number of carbonyl (C=O) groups is 1. The number of hydrogen-bond donors (Lipinski definition) is 1. The van der Waals surface area contributed by atoms with Crippen LogP contribution in [0.3, 0.4) is 0 Å². The second-order valence-corrected chi connectivity index (χ2v) is 9.25. The number of carbonyl (C=O) groups excluding carboxylic acids is 1. The average Bonchev–Trinajstić information content (AvgIpc) is 3.16. The number of nitrogens with zero attached hydrogens (tertiary/aromatic N) is 3. The molecule has 0 aliphatic rings. The second-order valence-electron chi connectivity index (χ2n) is 8.82. The molecular formula is C29H24ClFN4O5. The number of hydrogen-bond acceptors (Lipinski definition) is 6. The largest absolute Gasteiger partial charge is 0.493 e. The van der Waals surface area contributed by atoms with Crippen molar-refractivity contribution in [1.82, 2.24) is 14.3 Å². The zero-order chi connectivity index (χ0) is 28.6. The van der Waals surface area contributed by atoms with E-state index in [1.807, 2.05) is 0 Å². The quantitative estimate of drug-likeness (QED) is 0.266. The van der Waals surface area contributed by atoms with Crippen LogP contribution in [0.2, 0.25) is 5.02 Å². The predicted molar refractivity (Wildman–Crippen MR) is 150 cm³/mol. The molecule has 0 saturated heterocycles. The number of methoxy groups -OCH3 is 2. The second kappa shape index (κ2) is 10.7. The Balaban J connectivity index is 1.47. The third-order valence-corrected chi connectivity index (χ3v) is 6.68. The Morgan fingerprint density at radius 3 is 2.42 bits per heavy atom. The molecule has 0 unspecified atom stereocenters. The van der Waals surface area contributed by atoms with Crippen LogP contribution < -0.4 is 25.1 Å². The lowest BCUT2D eigenvalue weighted by atomic mass is 10.2. The third kappa shape index (κ3) is 4.85. The van der Waals surface area contributed by atoms with E-state index in [1.54, 1.807) is 56.4 Å². The first kappa shape index (κ1) is 26.8. The Hall–Kier alpha value is -4.83. The lowest BCUT2D eigenvalue weighted by molar-refractivity contribution is 0.102. The molecule has 1 N–H and O–H groups in total.